The third-order valence-electron chi connectivity index (χ3n) is 5.75. The lowest BCUT2D eigenvalue weighted by molar-refractivity contribution is -0.122. The Balaban J connectivity index is 1.31. The van der Waals surface area contributed by atoms with E-state index in [0.717, 1.165) is 41.1 Å². The number of aromatic nitrogens is 2. The largest absolute Gasteiger partial charge is 0.352 e. The maximum atomic E-state index is 12.3. The highest BCUT2D eigenvalue weighted by Gasteiger charge is 2.21. The van der Waals surface area contributed by atoms with E-state index in [1.165, 1.54) is 12.8 Å². The molecule has 1 amide bonds. The van der Waals surface area contributed by atoms with Crippen molar-refractivity contribution in [3.8, 4) is 11.4 Å². The van der Waals surface area contributed by atoms with Crippen LogP contribution in [0.5, 0.6) is 0 Å². The van der Waals surface area contributed by atoms with Crippen LogP contribution in [0.4, 0.5) is 0 Å². The van der Waals surface area contributed by atoms with Gasteiger partial charge in [-0.1, -0.05) is 43.3 Å². The van der Waals surface area contributed by atoms with Crippen LogP contribution in [0.15, 0.2) is 48.5 Å². The number of imidazole rings is 1. The number of nitrogens with one attached hydrogen (secondary N) is 3. The highest BCUT2D eigenvalue weighted by Crippen LogP contribution is 2.23. The fraction of sp³-hybridized carbons (Fsp3) is 0.391. The second kappa shape index (κ2) is 8.57. The van der Waals surface area contributed by atoms with Gasteiger partial charge in [0, 0.05) is 18.5 Å². The van der Waals surface area contributed by atoms with Crippen LogP contribution in [-0.2, 0) is 11.3 Å². The van der Waals surface area contributed by atoms with E-state index in [2.05, 4.69) is 51.8 Å². The quantitative estimate of drug-likeness (QED) is 0.612. The van der Waals surface area contributed by atoms with Gasteiger partial charge in [-0.25, -0.2) is 4.98 Å². The van der Waals surface area contributed by atoms with Crippen LogP contribution >= 0.6 is 0 Å². The molecule has 2 heterocycles. The number of piperidine rings is 1. The number of carbonyl (C=O) groups excluding carboxylic acids is 1. The van der Waals surface area contributed by atoms with Gasteiger partial charge < -0.3 is 15.6 Å². The van der Waals surface area contributed by atoms with Crippen LogP contribution in [0.1, 0.15) is 31.7 Å². The number of H-pyrrole nitrogens is 1. The van der Waals surface area contributed by atoms with Gasteiger partial charge in [0.15, 0.2) is 0 Å². The molecule has 1 aliphatic rings. The van der Waals surface area contributed by atoms with E-state index >= 15 is 0 Å². The van der Waals surface area contributed by atoms with Crippen LogP contribution in [0.25, 0.3) is 22.4 Å². The Morgan fingerprint density at radius 1 is 1.21 bits per heavy atom. The molecule has 0 saturated carbocycles. The van der Waals surface area contributed by atoms with Crippen molar-refractivity contribution >= 4 is 16.9 Å². The number of carbonyl (C=O) groups is 1. The van der Waals surface area contributed by atoms with Crippen molar-refractivity contribution in [2.75, 3.05) is 13.1 Å². The number of nitrogens with zero attached hydrogens (tertiary/aromatic N) is 1. The summed E-state index contributed by atoms with van der Waals surface area (Å²) in [6.45, 7) is 4.91. The molecule has 4 rings (SSSR count). The number of hydrogen-bond donors (Lipinski definition) is 3. The summed E-state index contributed by atoms with van der Waals surface area (Å²) in [6.07, 6.45) is 3.04. The standard InChI is InChI=1S/C23H28N4O/c1-16(19-5-4-12-24-15-19)13-22(28)25-14-17-8-10-18(11-9-17)23-26-20-6-2-3-7-21(20)27-23/h2-3,6-11,16,19,24H,4-5,12-15H2,1H3,(H,25,28)(H,26,27). The smallest absolute Gasteiger partial charge is 0.220 e. The summed E-state index contributed by atoms with van der Waals surface area (Å²) in [6, 6.07) is 16.2. The molecule has 3 N–H and O–H groups in total. The molecule has 28 heavy (non-hydrogen) atoms. The number of hydrogen-bond acceptors (Lipinski definition) is 3. The molecule has 0 aliphatic carbocycles. The SMILES string of the molecule is CC(CC(=O)NCc1ccc(-c2nc3ccccc3[nH]2)cc1)C1CCCNC1. The summed E-state index contributed by atoms with van der Waals surface area (Å²) in [5, 5.41) is 6.50. The monoisotopic (exact) mass is 376 g/mol. The molecule has 2 atom stereocenters. The first-order valence-electron chi connectivity index (χ1n) is 10.2. The highest BCUT2D eigenvalue weighted by atomic mass is 16.1. The highest BCUT2D eigenvalue weighted by molar-refractivity contribution is 5.79. The molecule has 1 aliphatic heterocycles. The summed E-state index contributed by atoms with van der Waals surface area (Å²) >= 11 is 0. The summed E-state index contributed by atoms with van der Waals surface area (Å²) < 4.78 is 0. The van der Waals surface area contributed by atoms with Gasteiger partial charge in [-0.15, -0.1) is 0 Å². The zero-order valence-electron chi connectivity index (χ0n) is 16.4. The number of fused-ring (bicyclic) bond motifs is 1. The lowest BCUT2D eigenvalue weighted by Crippen LogP contribution is -2.35. The van der Waals surface area contributed by atoms with Crippen molar-refractivity contribution < 1.29 is 4.79 Å². The van der Waals surface area contributed by atoms with Gasteiger partial charge >= 0.3 is 0 Å². The molecular weight excluding hydrogens is 348 g/mol. The number of para-hydroxylation sites is 2. The number of benzene rings is 2. The summed E-state index contributed by atoms with van der Waals surface area (Å²) in [7, 11) is 0. The molecule has 0 spiro atoms. The molecule has 1 aromatic heterocycles. The predicted octanol–water partition coefficient (Wildman–Crippen LogP) is 3.87. The average Bonchev–Trinajstić information content (AvgIpc) is 3.17. The first kappa shape index (κ1) is 18.7. The van der Waals surface area contributed by atoms with E-state index in [0.29, 0.717) is 24.8 Å². The Hall–Kier alpha value is -2.66. The minimum Gasteiger partial charge on any atom is -0.352 e. The van der Waals surface area contributed by atoms with E-state index in [1.807, 2.05) is 24.3 Å². The van der Waals surface area contributed by atoms with Crippen LogP contribution in [0.3, 0.4) is 0 Å². The minimum atomic E-state index is 0.138. The molecule has 5 nitrogen and oxygen atoms in total. The normalized spacial score (nSPS) is 18.1. The topological polar surface area (TPSA) is 69.8 Å². The lowest BCUT2D eigenvalue weighted by Gasteiger charge is -2.28. The molecule has 0 radical (unpaired) electrons. The Kier molecular flexibility index (Phi) is 5.72. The first-order valence-corrected chi connectivity index (χ1v) is 10.2. The first-order chi connectivity index (χ1) is 13.7. The van der Waals surface area contributed by atoms with E-state index in [1.54, 1.807) is 0 Å². The van der Waals surface area contributed by atoms with Crippen molar-refractivity contribution in [3.63, 3.8) is 0 Å². The molecule has 2 aromatic carbocycles. The van der Waals surface area contributed by atoms with Gasteiger partial charge in [0.1, 0.15) is 5.82 Å². The number of rotatable bonds is 6. The zero-order valence-corrected chi connectivity index (χ0v) is 16.4. The molecule has 1 fully saturated rings. The number of aromatic amines is 1. The van der Waals surface area contributed by atoms with Crippen LogP contribution in [-0.4, -0.2) is 29.0 Å². The van der Waals surface area contributed by atoms with Gasteiger partial charge in [0.2, 0.25) is 5.91 Å². The van der Waals surface area contributed by atoms with Crippen LogP contribution in [0.2, 0.25) is 0 Å². The van der Waals surface area contributed by atoms with E-state index in [4.69, 9.17) is 0 Å². The molecule has 146 valence electrons. The fourth-order valence-corrected chi connectivity index (χ4v) is 3.97. The Morgan fingerprint density at radius 3 is 2.79 bits per heavy atom. The maximum Gasteiger partial charge on any atom is 0.220 e. The molecule has 2 unspecified atom stereocenters. The van der Waals surface area contributed by atoms with Gasteiger partial charge in [0.05, 0.1) is 11.0 Å². The maximum absolute atomic E-state index is 12.3. The molecule has 0 bridgehead atoms. The van der Waals surface area contributed by atoms with Crippen LogP contribution in [0, 0.1) is 11.8 Å². The Labute approximate surface area is 166 Å². The summed E-state index contributed by atoms with van der Waals surface area (Å²) in [5.41, 5.74) is 4.15. The van der Waals surface area contributed by atoms with Gasteiger partial charge in [0.25, 0.3) is 0 Å². The van der Waals surface area contributed by atoms with Crippen molar-refractivity contribution in [1.29, 1.82) is 0 Å². The Bertz CT molecular complexity index is 892. The summed E-state index contributed by atoms with van der Waals surface area (Å²) in [4.78, 5) is 20.3. The van der Waals surface area contributed by atoms with E-state index in [-0.39, 0.29) is 5.91 Å². The molecule has 1 saturated heterocycles. The van der Waals surface area contributed by atoms with Gasteiger partial charge in [-0.3, -0.25) is 4.79 Å². The Morgan fingerprint density at radius 2 is 2.04 bits per heavy atom. The van der Waals surface area contributed by atoms with Crippen molar-refractivity contribution in [1.82, 2.24) is 20.6 Å². The molecule has 5 heteroatoms. The summed E-state index contributed by atoms with van der Waals surface area (Å²) in [5.74, 6) is 2.04. The van der Waals surface area contributed by atoms with Crippen molar-refractivity contribution in [2.45, 2.75) is 32.7 Å². The third-order valence-corrected chi connectivity index (χ3v) is 5.75. The zero-order chi connectivity index (χ0) is 19.3. The van der Waals surface area contributed by atoms with E-state index in [9.17, 15) is 4.79 Å². The van der Waals surface area contributed by atoms with Crippen LogP contribution < -0.4 is 10.6 Å². The number of amides is 1. The molecule has 3 aromatic rings. The second-order valence-corrected chi connectivity index (χ2v) is 7.86. The predicted molar refractivity (Wildman–Crippen MR) is 113 cm³/mol. The van der Waals surface area contributed by atoms with Gasteiger partial charge in [-0.2, -0.15) is 0 Å². The van der Waals surface area contributed by atoms with Crippen molar-refractivity contribution in [2.24, 2.45) is 11.8 Å². The third kappa shape index (κ3) is 4.42. The van der Waals surface area contributed by atoms with E-state index < -0.39 is 0 Å². The minimum absolute atomic E-state index is 0.138. The van der Waals surface area contributed by atoms with Crippen molar-refractivity contribution in [3.05, 3.63) is 54.1 Å². The fourth-order valence-electron chi connectivity index (χ4n) is 3.97. The lowest BCUT2D eigenvalue weighted by atomic mass is 9.85. The molecular formula is C23H28N4O. The van der Waals surface area contributed by atoms with Gasteiger partial charge in [-0.05, 0) is 55.5 Å². The second-order valence-electron chi connectivity index (χ2n) is 7.86. The average molecular weight is 377 g/mol.